The Balaban J connectivity index is 2.14. The molecule has 1 aliphatic rings. The first kappa shape index (κ1) is 11.3. The number of nitrogens with one attached hydrogen (secondary N) is 2. The quantitative estimate of drug-likeness (QED) is 0.829. The highest BCUT2D eigenvalue weighted by atomic mass is 35.5. The van der Waals surface area contributed by atoms with Crippen molar-refractivity contribution in [3.8, 4) is 11.4 Å². The van der Waals surface area contributed by atoms with Gasteiger partial charge in [0.25, 0.3) is 5.56 Å². The molecule has 0 saturated carbocycles. The van der Waals surface area contributed by atoms with Crippen LogP contribution in [0.1, 0.15) is 12.0 Å². The molecule has 0 unspecified atom stereocenters. The molecule has 4 nitrogen and oxygen atoms in total. The minimum atomic E-state index is -0.0674. The lowest BCUT2D eigenvalue weighted by Crippen LogP contribution is -2.24. The third-order valence-electron chi connectivity index (χ3n) is 3.01. The molecule has 0 spiro atoms. The first-order chi connectivity index (χ1) is 8.74. The Labute approximate surface area is 109 Å². The van der Waals surface area contributed by atoms with Crippen LogP contribution in [0.4, 0.5) is 5.82 Å². The van der Waals surface area contributed by atoms with Crippen molar-refractivity contribution in [3.63, 3.8) is 0 Å². The lowest BCUT2D eigenvalue weighted by atomic mass is 10.1. The number of aromatic amines is 1. The predicted molar refractivity (Wildman–Crippen MR) is 72.1 cm³/mol. The maximum Gasteiger partial charge on any atom is 0.256 e. The molecule has 0 bridgehead atoms. The molecule has 2 N–H and O–H groups in total. The number of rotatable bonds is 1. The molecule has 2 heterocycles. The van der Waals surface area contributed by atoms with E-state index >= 15 is 0 Å². The monoisotopic (exact) mass is 261 g/mol. The van der Waals surface area contributed by atoms with Gasteiger partial charge in [-0.2, -0.15) is 0 Å². The molecular weight excluding hydrogens is 250 g/mol. The third kappa shape index (κ3) is 1.99. The maximum atomic E-state index is 12.0. The van der Waals surface area contributed by atoms with Crippen LogP contribution in [0.15, 0.2) is 29.1 Å². The van der Waals surface area contributed by atoms with Gasteiger partial charge in [-0.05, 0) is 25.0 Å². The van der Waals surface area contributed by atoms with Crippen LogP contribution in [0.3, 0.4) is 0 Å². The number of aromatic nitrogens is 2. The second-order valence-corrected chi connectivity index (χ2v) is 4.72. The van der Waals surface area contributed by atoms with Crippen molar-refractivity contribution in [3.05, 3.63) is 45.2 Å². The van der Waals surface area contributed by atoms with Crippen LogP contribution in [-0.4, -0.2) is 16.5 Å². The van der Waals surface area contributed by atoms with Crippen LogP contribution in [-0.2, 0) is 6.42 Å². The van der Waals surface area contributed by atoms with Gasteiger partial charge in [-0.25, -0.2) is 4.98 Å². The number of benzene rings is 1. The van der Waals surface area contributed by atoms with Crippen LogP contribution in [0.5, 0.6) is 0 Å². The highest BCUT2D eigenvalue weighted by Gasteiger charge is 2.15. The van der Waals surface area contributed by atoms with Crippen molar-refractivity contribution in [1.29, 1.82) is 0 Å². The summed E-state index contributed by atoms with van der Waals surface area (Å²) in [5.74, 6) is 1.25. The van der Waals surface area contributed by atoms with Gasteiger partial charge < -0.3 is 10.3 Å². The summed E-state index contributed by atoms with van der Waals surface area (Å²) in [5.41, 5.74) is 1.49. The van der Waals surface area contributed by atoms with Crippen LogP contribution < -0.4 is 10.9 Å². The van der Waals surface area contributed by atoms with E-state index in [4.69, 9.17) is 11.6 Å². The molecule has 0 saturated heterocycles. The summed E-state index contributed by atoms with van der Waals surface area (Å²) < 4.78 is 0. The van der Waals surface area contributed by atoms with Crippen LogP contribution >= 0.6 is 11.6 Å². The first-order valence-electron chi connectivity index (χ1n) is 5.87. The van der Waals surface area contributed by atoms with Gasteiger partial charge >= 0.3 is 0 Å². The SMILES string of the molecule is O=c1[nH]c(-c2cccc(Cl)c2)nc2c1CCCN2. The van der Waals surface area contributed by atoms with Crippen molar-refractivity contribution >= 4 is 17.4 Å². The van der Waals surface area contributed by atoms with Gasteiger partial charge in [0.05, 0.1) is 5.56 Å². The molecule has 0 radical (unpaired) electrons. The standard InChI is InChI=1S/C13H12ClN3O/c14-9-4-1-3-8(7-9)11-16-12-10(13(18)17-11)5-2-6-15-12/h1,3-4,7H,2,5-6H2,(H2,15,16,17,18). The summed E-state index contributed by atoms with van der Waals surface area (Å²) in [6.07, 6.45) is 1.74. The van der Waals surface area contributed by atoms with E-state index in [1.807, 2.05) is 12.1 Å². The van der Waals surface area contributed by atoms with E-state index in [-0.39, 0.29) is 5.56 Å². The number of hydrogen-bond acceptors (Lipinski definition) is 3. The zero-order valence-corrected chi connectivity index (χ0v) is 10.4. The predicted octanol–water partition coefficient (Wildman–Crippen LogP) is 2.45. The molecule has 1 aromatic heterocycles. The van der Waals surface area contributed by atoms with Crippen molar-refractivity contribution in [2.45, 2.75) is 12.8 Å². The smallest absolute Gasteiger partial charge is 0.256 e. The third-order valence-corrected chi connectivity index (χ3v) is 3.24. The summed E-state index contributed by atoms with van der Waals surface area (Å²) in [7, 11) is 0. The van der Waals surface area contributed by atoms with Gasteiger partial charge in [-0.3, -0.25) is 4.79 Å². The molecule has 2 aromatic rings. The Bertz CT molecular complexity index is 651. The zero-order valence-electron chi connectivity index (χ0n) is 9.66. The van der Waals surface area contributed by atoms with E-state index in [0.717, 1.165) is 30.5 Å². The fourth-order valence-corrected chi connectivity index (χ4v) is 2.31. The van der Waals surface area contributed by atoms with Gasteiger partial charge in [0.1, 0.15) is 11.6 Å². The zero-order chi connectivity index (χ0) is 12.5. The molecule has 1 aromatic carbocycles. The Hall–Kier alpha value is -1.81. The number of nitrogens with zero attached hydrogens (tertiary/aromatic N) is 1. The van der Waals surface area contributed by atoms with Crippen molar-refractivity contribution in [2.75, 3.05) is 11.9 Å². The molecule has 18 heavy (non-hydrogen) atoms. The van der Waals surface area contributed by atoms with Gasteiger partial charge in [0, 0.05) is 17.1 Å². The van der Waals surface area contributed by atoms with Gasteiger partial charge in [0.2, 0.25) is 0 Å². The Morgan fingerprint density at radius 2 is 2.22 bits per heavy atom. The summed E-state index contributed by atoms with van der Waals surface area (Å²) in [5, 5.41) is 3.79. The molecule has 0 fully saturated rings. The molecule has 92 valence electrons. The number of halogens is 1. The molecular formula is C13H12ClN3O. The van der Waals surface area contributed by atoms with Crippen LogP contribution in [0, 0.1) is 0 Å². The molecule has 3 rings (SSSR count). The summed E-state index contributed by atoms with van der Waals surface area (Å²) in [4.78, 5) is 19.2. The second-order valence-electron chi connectivity index (χ2n) is 4.28. The van der Waals surface area contributed by atoms with E-state index in [0.29, 0.717) is 16.7 Å². The fourth-order valence-electron chi connectivity index (χ4n) is 2.12. The van der Waals surface area contributed by atoms with E-state index in [1.54, 1.807) is 12.1 Å². The lowest BCUT2D eigenvalue weighted by molar-refractivity contribution is 0.800. The largest absolute Gasteiger partial charge is 0.370 e. The normalized spacial score (nSPS) is 13.8. The van der Waals surface area contributed by atoms with E-state index < -0.39 is 0 Å². The minimum Gasteiger partial charge on any atom is -0.370 e. The first-order valence-corrected chi connectivity index (χ1v) is 6.25. The number of fused-ring (bicyclic) bond motifs is 1. The average molecular weight is 262 g/mol. The highest BCUT2D eigenvalue weighted by molar-refractivity contribution is 6.30. The Kier molecular flexibility index (Phi) is 2.80. The van der Waals surface area contributed by atoms with E-state index in [2.05, 4.69) is 15.3 Å². The van der Waals surface area contributed by atoms with E-state index in [9.17, 15) is 4.79 Å². The number of hydrogen-bond donors (Lipinski definition) is 2. The van der Waals surface area contributed by atoms with Gasteiger partial charge in [-0.1, -0.05) is 23.7 Å². The Morgan fingerprint density at radius 1 is 1.33 bits per heavy atom. The van der Waals surface area contributed by atoms with Gasteiger partial charge in [0.15, 0.2) is 0 Å². The molecule has 1 aliphatic heterocycles. The lowest BCUT2D eigenvalue weighted by Gasteiger charge is -2.16. The van der Waals surface area contributed by atoms with Crippen molar-refractivity contribution in [1.82, 2.24) is 9.97 Å². The highest BCUT2D eigenvalue weighted by Crippen LogP contribution is 2.22. The van der Waals surface area contributed by atoms with E-state index in [1.165, 1.54) is 0 Å². The van der Waals surface area contributed by atoms with Crippen molar-refractivity contribution < 1.29 is 0 Å². The maximum absolute atomic E-state index is 12.0. The second kappa shape index (κ2) is 4.46. The fraction of sp³-hybridized carbons (Fsp3) is 0.231. The molecule has 0 aliphatic carbocycles. The summed E-state index contributed by atoms with van der Waals surface area (Å²) in [6, 6.07) is 7.29. The number of H-pyrrole nitrogens is 1. The summed E-state index contributed by atoms with van der Waals surface area (Å²) in [6.45, 7) is 0.860. The van der Waals surface area contributed by atoms with Crippen LogP contribution in [0.25, 0.3) is 11.4 Å². The van der Waals surface area contributed by atoms with Gasteiger partial charge in [-0.15, -0.1) is 0 Å². The molecule has 0 amide bonds. The number of anilines is 1. The van der Waals surface area contributed by atoms with Crippen LogP contribution in [0.2, 0.25) is 5.02 Å². The molecule has 5 heteroatoms. The minimum absolute atomic E-state index is 0.0674. The molecule has 0 atom stereocenters. The topological polar surface area (TPSA) is 57.8 Å². The summed E-state index contributed by atoms with van der Waals surface area (Å²) >= 11 is 5.94. The Morgan fingerprint density at radius 3 is 3.06 bits per heavy atom. The van der Waals surface area contributed by atoms with Crippen molar-refractivity contribution in [2.24, 2.45) is 0 Å². The average Bonchev–Trinajstić information content (AvgIpc) is 2.39.